The highest BCUT2D eigenvalue weighted by Gasteiger charge is 2.21. The maximum Gasteiger partial charge on any atom is 0.328 e. The quantitative estimate of drug-likeness (QED) is 0.133. The molecule has 4 aromatic rings. The number of fused-ring (bicyclic) bond motifs is 1. The van der Waals surface area contributed by atoms with Gasteiger partial charge in [0.2, 0.25) is 0 Å². The maximum atomic E-state index is 13.3. The van der Waals surface area contributed by atoms with Gasteiger partial charge in [-0.15, -0.1) is 0 Å². The van der Waals surface area contributed by atoms with E-state index < -0.39 is 17.7 Å². The summed E-state index contributed by atoms with van der Waals surface area (Å²) in [5.74, 6) is -1.56. The summed E-state index contributed by atoms with van der Waals surface area (Å²) in [6.07, 6.45) is 3.19. The van der Waals surface area contributed by atoms with Gasteiger partial charge in [-0.3, -0.25) is 19.8 Å². The van der Waals surface area contributed by atoms with E-state index in [1.807, 2.05) is 25.1 Å². The lowest BCUT2D eigenvalue weighted by Gasteiger charge is -2.13. The lowest BCUT2D eigenvalue weighted by molar-refractivity contribution is -0.133. The number of carbonyl (C=O) groups is 3. The summed E-state index contributed by atoms with van der Waals surface area (Å²) >= 11 is 6.89. The van der Waals surface area contributed by atoms with Crippen LogP contribution in [0.25, 0.3) is 10.9 Å². The van der Waals surface area contributed by atoms with E-state index in [4.69, 9.17) is 4.74 Å². The van der Waals surface area contributed by atoms with E-state index in [2.05, 4.69) is 54.8 Å². The monoisotopic (exact) mass is 654 g/mol. The zero-order chi connectivity index (χ0) is 27.9. The van der Waals surface area contributed by atoms with Gasteiger partial charge in [-0.25, -0.2) is 4.68 Å². The van der Waals surface area contributed by atoms with Crippen LogP contribution in [0.5, 0.6) is 5.75 Å². The minimum atomic E-state index is -0.927. The molecule has 0 aliphatic heterocycles. The smallest absolute Gasteiger partial charge is 0.328 e. The molecular weight excluding hydrogens is 628 g/mol. The van der Waals surface area contributed by atoms with Crippen molar-refractivity contribution in [2.45, 2.75) is 33.1 Å². The number of hydrogen-bond acceptors (Lipinski definition) is 4. The van der Waals surface area contributed by atoms with Crippen molar-refractivity contribution < 1.29 is 19.1 Å². The van der Waals surface area contributed by atoms with Crippen molar-refractivity contribution >= 4 is 71.9 Å². The number of nitrogens with zero attached hydrogens (tertiary/aromatic N) is 1. The number of aryl methyl sites for hydroxylation is 1. The second-order valence-electron chi connectivity index (χ2n) is 8.96. The van der Waals surface area contributed by atoms with Crippen LogP contribution in [-0.4, -0.2) is 29.0 Å². The summed E-state index contributed by atoms with van der Waals surface area (Å²) in [5.41, 5.74) is 5.29. The molecule has 1 aromatic heterocycles. The van der Waals surface area contributed by atoms with Gasteiger partial charge in [0.25, 0.3) is 5.91 Å². The number of hydrogen-bond donors (Lipinski definition) is 3. The molecule has 0 radical (unpaired) electrons. The van der Waals surface area contributed by atoms with Gasteiger partial charge >= 0.3 is 11.8 Å². The number of carbonyl (C=O) groups excluding carboxylic acids is 3. The standard InChI is InChI=1S/C29H28Br2N4O4/c1-3-4-5-14-39-23-10-7-21(8-11-23)32-28(37)29(38)34-35-25-13-6-20(30)16-19(25)17-26(35)27(36)33-22-9-12-24(31)18(2)15-22/h6-13,15-17H,3-5,14H2,1-2H3,(H,32,37)(H,33,36)(H,34,38). The van der Waals surface area contributed by atoms with Gasteiger partial charge in [-0.1, -0.05) is 51.6 Å². The lowest BCUT2D eigenvalue weighted by atomic mass is 10.2. The van der Waals surface area contributed by atoms with Crippen molar-refractivity contribution in [2.75, 3.05) is 22.7 Å². The van der Waals surface area contributed by atoms with Gasteiger partial charge in [0.15, 0.2) is 0 Å². The molecule has 202 valence electrons. The largest absolute Gasteiger partial charge is 0.494 e. The maximum absolute atomic E-state index is 13.3. The summed E-state index contributed by atoms with van der Waals surface area (Å²) in [6.45, 7) is 4.67. The summed E-state index contributed by atoms with van der Waals surface area (Å²) in [4.78, 5) is 38.9. The first-order valence-electron chi connectivity index (χ1n) is 12.5. The SMILES string of the molecule is CCCCCOc1ccc(NC(=O)C(=O)Nn2c(C(=O)Nc3ccc(Br)c(C)c3)cc3cc(Br)ccc32)cc1. The molecule has 10 heteroatoms. The summed E-state index contributed by atoms with van der Waals surface area (Å²) in [7, 11) is 0. The average molecular weight is 656 g/mol. The van der Waals surface area contributed by atoms with Crippen molar-refractivity contribution in [1.29, 1.82) is 0 Å². The van der Waals surface area contributed by atoms with Crippen molar-refractivity contribution in [1.82, 2.24) is 4.68 Å². The molecule has 0 saturated heterocycles. The minimum absolute atomic E-state index is 0.161. The third-order valence-corrected chi connectivity index (χ3v) is 7.34. The van der Waals surface area contributed by atoms with Crippen LogP contribution in [0.1, 0.15) is 42.2 Å². The fourth-order valence-electron chi connectivity index (χ4n) is 3.91. The molecule has 0 fully saturated rings. The zero-order valence-corrected chi connectivity index (χ0v) is 24.7. The number of aromatic nitrogens is 1. The molecule has 39 heavy (non-hydrogen) atoms. The topological polar surface area (TPSA) is 101 Å². The van der Waals surface area contributed by atoms with E-state index in [0.29, 0.717) is 34.6 Å². The first-order chi connectivity index (χ1) is 18.7. The molecule has 0 unspecified atom stereocenters. The molecule has 3 aromatic carbocycles. The number of amides is 3. The number of anilines is 2. The average Bonchev–Trinajstić information content (AvgIpc) is 3.27. The molecule has 0 aliphatic carbocycles. The first kappa shape index (κ1) is 28.4. The molecule has 1 heterocycles. The third-order valence-electron chi connectivity index (χ3n) is 5.96. The Bertz CT molecular complexity index is 1520. The molecular formula is C29H28Br2N4O4. The number of benzene rings is 3. The Morgan fingerprint density at radius 1 is 0.846 bits per heavy atom. The van der Waals surface area contributed by atoms with Gasteiger partial charge in [-0.2, -0.15) is 0 Å². The lowest BCUT2D eigenvalue weighted by Crippen LogP contribution is -2.36. The Morgan fingerprint density at radius 2 is 1.59 bits per heavy atom. The van der Waals surface area contributed by atoms with E-state index in [1.165, 1.54) is 4.68 Å². The number of ether oxygens (including phenoxy) is 1. The Balaban J connectivity index is 1.49. The molecule has 0 bridgehead atoms. The van der Waals surface area contributed by atoms with E-state index in [0.717, 1.165) is 33.8 Å². The van der Waals surface area contributed by atoms with Crippen LogP contribution in [0.4, 0.5) is 11.4 Å². The van der Waals surface area contributed by atoms with E-state index in [1.54, 1.807) is 48.5 Å². The normalized spacial score (nSPS) is 10.8. The highest BCUT2D eigenvalue weighted by Crippen LogP contribution is 2.25. The van der Waals surface area contributed by atoms with Crippen LogP contribution in [0.3, 0.4) is 0 Å². The van der Waals surface area contributed by atoms with Crippen LogP contribution in [0, 0.1) is 6.92 Å². The zero-order valence-electron chi connectivity index (χ0n) is 21.5. The third kappa shape index (κ3) is 7.27. The van der Waals surface area contributed by atoms with Gasteiger partial charge in [-0.05, 0) is 85.6 Å². The van der Waals surface area contributed by atoms with Crippen LogP contribution < -0.4 is 20.8 Å². The Hall–Kier alpha value is -3.63. The van der Waals surface area contributed by atoms with Crippen LogP contribution in [-0.2, 0) is 9.59 Å². The molecule has 3 amide bonds. The molecule has 8 nitrogen and oxygen atoms in total. The molecule has 0 saturated carbocycles. The van der Waals surface area contributed by atoms with Crippen LogP contribution in [0.15, 0.2) is 75.7 Å². The van der Waals surface area contributed by atoms with Gasteiger partial charge in [0, 0.05) is 25.7 Å². The van der Waals surface area contributed by atoms with Gasteiger partial charge < -0.3 is 15.4 Å². The number of unbranched alkanes of at least 4 members (excludes halogenated alkanes) is 2. The number of halogens is 2. The fourth-order valence-corrected chi connectivity index (χ4v) is 4.53. The minimum Gasteiger partial charge on any atom is -0.494 e. The fraction of sp³-hybridized carbons (Fsp3) is 0.207. The van der Waals surface area contributed by atoms with Crippen molar-refractivity contribution in [2.24, 2.45) is 0 Å². The van der Waals surface area contributed by atoms with Gasteiger partial charge in [0.1, 0.15) is 11.4 Å². The Kier molecular flexibility index (Phi) is 9.42. The Morgan fingerprint density at radius 3 is 2.31 bits per heavy atom. The number of nitrogens with one attached hydrogen (secondary N) is 3. The second-order valence-corrected chi connectivity index (χ2v) is 10.7. The second kappa shape index (κ2) is 12.9. The van der Waals surface area contributed by atoms with Crippen molar-refractivity contribution in [3.63, 3.8) is 0 Å². The Labute approximate surface area is 243 Å². The van der Waals surface area contributed by atoms with Crippen molar-refractivity contribution in [3.8, 4) is 5.75 Å². The van der Waals surface area contributed by atoms with E-state index in [9.17, 15) is 14.4 Å². The van der Waals surface area contributed by atoms with E-state index >= 15 is 0 Å². The number of rotatable bonds is 9. The summed E-state index contributed by atoms with van der Waals surface area (Å²) in [6, 6.07) is 19.3. The molecule has 0 spiro atoms. The molecule has 0 aliphatic rings. The van der Waals surface area contributed by atoms with Crippen LogP contribution >= 0.6 is 31.9 Å². The molecule has 3 N–H and O–H groups in total. The highest BCUT2D eigenvalue weighted by molar-refractivity contribution is 9.10. The first-order valence-corrected chi connectivity index (χ1v) is 14.1. The predicted octanol–water partition coefficient (Wildman–Crippen LogP) is 7.00. The van der Waals surface area contributed by atoms with E-state index in [-0.39, 0.29) is 5.69 Å². The highest BCUT2D eigenvalue weighted by atomic mass is 79.9. The van der Waals surface area contributed by atoms with Gasteiger partial charge in [0.05, 0.1) is 12.1 Å². The summed E-state index contributed by atoms with van der Waals surface area (Å²) < 4.78 is 8.74. The predicted molar refractivity (Wildman–Crippen MR) is 161 cm³/mol. The van der Waals surface area contributed by atoms with Crippen molar-refractivity contribution in [3.05, 3.63) is 86.9 Å². The summed E-state index contributed by atoms with van der Waals surface area (Å²) in [5, 5.41) is 6.14. The molecule has 0 atom stereocenters. The van der Waals surface area contributed by atoms with Crippen LogP contribution in [0.2, 0.25) is 0 Å². The molecule has 4 rings (SSSR count).